The van der Waals surface area contributed by atoms with Gasteiger partial charge < -0.3 is 9.47 Å². The minimum Gasteiger partial charge on any atom is -0.461 e. The van der Waals surface area contributed by atoms with E-state index in [4.69, 9.17) is 18.0 Å². The first-order chi connectivity index (χ1) is 20.8. The van der Waals surface area contributed by atoms with Gasteiger partial charge in [0.1, 0.15) is 9.79 Å². The number of oxime groups is 2. The molecule has 3 rings (SSSR count). The number of thioether (sulfide) groups is 2. The van der Waals surface area contributed by atoms with Crippen LogP contribution in [0.1, 0.15) is 25.0 Å². The number of benzene rings is 3. The molecule has 0 atom stereocenters. The van der Waals surface area contributed by atoms with Gasteiger partial charge in [-0.25, -0.2) is 9.59 Å². The van der Waals surface area contributed by atoms with Gasteiger partial charge in [-0.05, 0) is 70.2 Å². The van der Waals surface area contributed by atoms with Crippen molar-refractivity contribution in [1.82, 2.24) is 0 Å². The molecule has 16 heteroatoms. The van der Waals surface area contributed by atoms with Crippen molar-refractivity contribution >= 4 is 65.8 Å². The van der Waals surface area contributed by atoms with E-state index >= 15 is 0 Å². The maximum atomic E-state index is 12.9. The maximum Gasteiger partial charge on any atom is 0.367 e. The van der Waals surface area contributed by atoms with Gasteiger partial charge in [0.05, 0.1) is 13.2 Å². The Morgan fingerprint density at radius 2 is 1.00 bits per heavy atom. The fourth-order valence-electron chi connectivity index (χ4n) is 3.05. The molecule has 0 unspecified atom stereocenters. The van der Waals surface area contributed by atoms with Gasteiger partial charge >= 0.3 is 32.2 Å². The molecule has 0 saturated carbocycles. The molecule has 0 aliphatic heterocycles. The van der Waals surface area contributed by atoms with Crippen molar-refractivity contribution in [2.24, 2.45) is 10.3 Å². The van der Waals surface area contributed by atoms with Gasteiger partial charge in [-0.3, -0.25) is 8.57 Å². The van der Waals surface area contributed by atoms with Crippen molar-refractivity contribution in [1.29, 1.82) is 0 Å². The van der Waals surface area contributed by atoms with E-state index in [0.29, 0.717) is 9.79 Å². The van der Waals surface area contributed by atoms with Gasteiger partial charge in [0.2, 0.25) is 10.1 Å². The van der Waals surface area contributed by atoms with Crippen molar-refractivity contribution in [2.45, 2.75) is 47.3 Å². The second-order valence-electron chi connectivity index (χ2n) is 8.60. The average Bonchev–Trinajstić information content (AvgIpc) is 2.99. The molecule has 0 saturated heterocycles. The summed E-state index contributed by atoms with van der Waals surface area (Å²) in [6.07, 6.45) is 0. The molecule has 12 nitrogen and oxygen atoms in total. The normalized spacial score (nSPS) is 12.4. The van der Waals surface area contributed by atoms with Gasteiger partial charge in [0, 0.05) is 9.79 Å². The van der Waals surface area contributed by atoms with E-state index in [0.717, 1.165) is 58.9 Å². The van der Waals surface area contributed by atoms with E-state index in [1.165, 1.54) is 0 Å². The molecule has 0 spiro atoms. The maximum absolute atomic E-state index is 12.9. The zero-order valence-electron chi connectivity index (χ0n) is 24.0. The first-order valence-electron chi connectivity index (χ1n) is 12.8. The van der Waals surface area contributed by atoms with E-state index < -0.39 is 52.1 Å². The molecule has 44 heavy (non-hydrogen) atoms. The molecule has 0 aliphatic rings. The monoisotopic (exact) mass is 680 g/mol. The molecule has 0 N–H and O–H groups in total. The van der Waals surface area contributed by atoms with Crippen molar-refractivity contribution in [3.05, 3.63) is 83.9 Å². The van der Waals surface area contributed by atoms with Crippen LogP contribution in [0.3, 0.4) is 0 Å². The Balaban J connectivity index is 1.85. The minimum atomic E-state index is -4.72. The molecule has 0 radical (unpaired) electrons. The summed E-state index contributed by atoms with van der Waals surface area (Å²) in [5.74, 6) is -1.84. The van der Waals surface area contributed by atoms with Crippen LogP contribution < -0.4 is 0 Å². The molecule has 0 bridgehead atoms. The number of aryl methyl sites for hydroxylation is 2. The van der Waals surface area contributed by atoms with Crippen LogP contribution in [0, 0.1) is 13.8 Å². The Morgan fingerprint density at radius 3 is 1.34 bits per heavy atom. The number of hydrogen-bond donors (Lipinski definition) is 0. The first kappa shape index (κ1) is 34.6. The highest BCUT2D eigenvalue weighted by atomic mass is 32.2. The zero-order chi connectivity index (χ0) is 32.3. The first-order valence-corrected chi connectivity index (χ1v) is 17.3. The molecule has 0 heterocycles. The van der Waals surface area contributed by atoms with Crippen molar-refractivity contribution < 1.29 is 44.5 Å². The Kier molecular flexibility index (Phi) is 12.4. The zero-order valence-corrected chi connectivity index (χ0v) is 27.2. The van der Waals surface area contributed by atoms with Gasteiger partial charge in [0.15, 0.2) is 0 Å². The van der Waals surface area contributed by atoms with Crippen LogP contribution >= 0.6 is 23.5 Å². The van der Waals surface area contributed by atoms with Crippen LogP contribution in [0.5, 0.6) is 0 Å². The summed E-state index contributed by atoms with van der Waals surface area (Å²) >= 11 is 1.64. The Labute approximate surface area is 264 Å². The lowest BCUT2D eigenvalue weighted by atomic mass is 10.2. The number of rotatable bonds is 10. The molecule has 234 valence electrons. The molecular weight excluding hydrogens is 653 g/mol. The average molecular weight is 681 g/mol. The van der Waals surface area contributed by atoms with Gasteiger partial charge in [0.25, 0.3) is 0 Å². The SMILES string of the molecule is CCOC(=O)/C(=N\OS(=O)(=O)c1cccc(S(=O)(=O)O/N=C(/Sc2ccc(C)cc2)C(=O)OCC)c1)Sc1ccc(C)cc1. The molecule has 3 aromatic carbocycles. The summed E-state index contributed by atoms with van der Waals surface area (Å²) < 4.78 is 71.1. The Morgan fingerprint density at radius 1 is 0.636 bits per heavy atom. The number of carbonyl (C=O) groups excluding carboxylic acids is 2. The summed E-state index contributed by atoms with van der Waals surface area (Å²) in [4.78, 5) is 24.7. The summed E-state index contributed by atoms with van der Waals surface area (Å²) in [7, 11) is -9.45. The smallest absolute Gasteiger partial charge is 0.367 e. The van der Waals surface area contributed by atoms with Crippen LogP contribution in [0.15, 0.2) is 103 Å². The third kappa shape index (κ3) is 10.1. The third-order valence-corrected chi connectivity index (χ3v) is 9.28. The summed E-state index contributed by atoms with van der Waals surface area (Å²) in [5, 5.41) is 6.20. The highest BCUT2D eigenvalue weighted by Crippen LogP contribution is 2.25. The third-order valence-electron chi connectivity index (χ3n) is 5.19. The fourth-order valence-corrected chi connectivity index (χ4v) is 6.20. The Bertz CT molecular complexity index is 1630. The summed E-state index contributed by atoms with van der Waals surface area (Å²) in [5.41, 5.74) is 1.93. The van der Waals surface area contributed by atoms with E-state index in [9.17, 15) is 26.4 Å². The Hall–Kier alpha value is -3.86. The predicted octanol–water partition coefficient (Wildman–Crippen LogP) is 5.05. The van der Waals surface area contributed by atoms with Gasteiger partial charge in [-0.1, -0.05) is 75.3 Å². The summed E-state index contributed by atoms with van der Waals surface area (Å²) in [6, 6.07) is 18.0. The van der Waals surface area contributed by atoms with E-state index in [-0.39, 0.29) is 13.2 Å². The molecule has 0 aliphatic carbocycles. The van der Waals surface area contributed by atoms with Crippen molar-refractivity contribution in [3.63, 3.8) is 0 Å². The van der Waals surface area contributed by atoms with Crippen LogP contribution in [-0.4, -0.2) is 52.1 Å². The van der Waals surface area contributed by atoms with Crippen molar-refractivity contribution in [3.8, 4) is 0 Å². The topological polar surface area (TPSA) is 164 Å². The lowest BCUT2D eigenvalue weighted by Crippen LogP contribution is -2.16. The van der Waals surface area contributed by atoms with E-state index in [2.05, 4.69) is 10.3 Å². The number of nitrogens with zero attached hydrogens (tertiary/aromatic N) is 2. The van der Waals surface area contributed by atoms with Gasteiger partial charge in [-0.15, -0.1) is 0 Å². The van der Waals surface area contributed by atoms with Crippen LogP contribution in [0.4, 0.5) is 0 Å². The van der Waals surface area contributed by atoms with Crippen LogP contribution in [0.2, 0.25) is 0 Å². The summed E-state index contributed by atoms with van der Waals surface area (Å²) in [6.45, 7) is 6.89. The molecule has 0 amide bonds. The van der Waals surface area contributed by atoms with E-state index in [1.807, 2.05) is 13.8 Å². The number of esters is 2. The molecule has 3 aromatic rings. The van der Waals surface area contributed by atoms with E-state index in [1.54, 1.807) is 62.4 Å². The second kappa shape index (κ2) is 15.7. The number of ether oxygens (including phenoxy) is 2. The highest BCUT2D eigenvalue weighted by Gasteiger charge is 2.25. The largest absolute Gasteiger partial charge is 0.461 e. The standard InChI is InChI=1S/C28H28N2O10S4/c1-5-37-27(31)25(41-21-14-10-19(3)11-15-21)29-39-43(33,34)23-8-7-9-24(18-23)44(35,36)40-30-26(28(32)38-6-2)42-22-16-12-20(4)13-17-22/h7-18H,5-6H2,1-4H3/b29-25+,30-26+. The van der Waals surface area contributed by atoms with Crippen LogP contribution in [0.25, 0.3) is 0 Å². The van der Waals surface area contributed by atoms with Crippen molar-refractivity contribution in [2.75, 3.05) is 13.2 Å². The lowest BCUT2D eigenvalue weighted by Gasteiger charge is -2.08. The number of carbonyl (C=O) groups is 2. The fraction of sp³-hybridized carbons (Fsp3) is 0.214. The predicted molar refractivity (Wildman–Crippen MR) is 165 cm³/mol. The number of hydrogen-bond acceptors (Lipinski definition) is 14. The lowest BCUT2D eigenvalue weighted by molar-refractivity contribution is -0.135. The second-order valence-corrected chi connectivity index (χ2v) is 13.8. The molecular formula is C28H28N2O10S4. The molecule has 0 fully saturated rings. The van der Waals surface area contributed by atoms with Gasteiger partial charge in [-0.2, -0.15) is 16.8 Å². The molecule has 0 aromatic heterocycles. The quantitative estimate of drug-likeness (QED) is 0.0921. The van der Waals surface area contributed by atoms with Crippen LogP contribution in [-0.2, 0) is 47.9 Å². The highest BCUT2D eigenvalue weighted by molar-refractivity contribution is 8.16. The minimum absolute atomic E-state index is 0.00283.